The second-order valence-electron chi connectivity index (χ2n) is 13.3. The Bertz CT molecular complexity index is 1420. The number of fused-ring (bicyclic) bond motifs is 2. The van der Waals surface area contributed by atoms with Gasteiger partial charge in [0.1, 0.15) is 5.84 Å². The highest BCUT2D eigenvalue weighted by Gasteiger charge is 2.24. The van der Waals surface area contributed by atoms with Gasteiger partial charge in [-0.05, 0) is 93.7 Å². The maximum absolute atomic E-state index is 13.4. The molecule has 0 aromatic heterocycles. The molecule has 0 saturated carbocycles. The first-order valence-corrected chi connectivity index (χ1v) is 18.5. The number of benzene rings is 2. The van der Waals surface area contributed by atoms with E-state index in [1.165, 1.54) is 31.2 Å². The number of aliphatic imine (C=N–C) groups is 1. The van der Waals surface area contributed by atoms with Gasteiger partial charge in [0.05, 0.1) is 22.8 Å². The average Bonchev–Trinajstić information content (AvgIpc) is 3.30. The van der Waals surface area contributed by atoms with Crippen molar-refractivity contribution in [1.29, 1.82) is 0 Å². The Labute approximate surface area is 279 Å². The standard InChI is InChI=1S/C28H36N4O3S.C5H13N.C4H10/c1-19(2)10-13-32(14-11-20(3)4)28(33)22-7-9-24-25(16-22)31(5)18-27(30-24)29-23-8-6-21-12-15-36(34,35)26(21)17-23;1-4-5-6(2)3;1-3-4-2/h6-9,12,15-17,19-20H,10-11,13-14,18H2,1-5H3,(H,29,30);4-5H2,1-3H3;3-4H2,1-2H3. The van der Waals surface area contributed by atoms with Crippen LogP contribution in [0.15, 0.2) is 51.7 Å². The number of carbonyl (C=O) groups excluding carboxylic acids is 1. The summed E-state index contributed by atoms with van der Waals surface area (Å²) >= 11 is 0. The van der Waals surface area contributed by atoms with Crippen LogP contribution in [0.5, 0.6) is 0 Å². The van der Waals surface area contributed by atoms with E-state index in [9.17, 15) is 13.2 Å². The zero-order chi connectivity index (χ0) is 34.4. The number of rotatable bonds is 11. The number of nitrogens with zero attached hydrogens (tertiary/aromatic N) is 4. The molecule has 1 amide bonds. The van der Waals surface area contributed by atoms with E-state index in [4.69, 9.17) is 4.99 Å². The summed E-state index contributed by atoms with van der Waals surface area (Å²) in [6.45, 7) is 18.5. The van der Waals surface area contributed by atoms with Crippen LogP contribution in [0.2, 0.25) is 0 Å². The Balaban J connectivity index is 0.000000642. The third kappa shape index (κ3) is 12.2. The molecule has 0 spiro atoms. The number of likely N-dealkylation sites (N-methyl/N-ethyl adjacent to an activating group) is 1. The lowest BCUT2D eigenvalue weighted by Crippen LogP contribution is -2.35. The second-order valence-corrected chi connectivity index (χ2v) is 15.1. The predicted molar refractivity (Wildman–Crippen MR) is 197 cm³/mol. The quantitative estimate of drug-likeness (QED) is 0.263. The molecule has 0 radical (unpaired) electrons. The van der Waals surface area contributed by atoms with Crippen molar-refractivity contribution in [2.24, 2.45) is 16.8 Å². The summed E-state index contributed by atoms with van der Waals surface area (Å²) < 4.78 is 24.4. The molecule has 4 rings (SSSR count). The van der Waals surface area contributed by atoms with Crippen LogP contribution in [0.4, 0.5) is 17.1 Å². The second kappa shape index (κ2) is 18.8. The van der Waals surface area contributed by atoms with Crippen LogP contribution in [0.25, 0.3) is 6.08 Å². The van der Waals surface area contributed by atoms with Crippen molar-refractivity contribution in [2.75, 3.05) is 57.5 Å². The van der Waals surface area contributed by atoms with Crippen LogP contribution in [0, 0.1) is 11.8 Å². The molecule has 0 fully saturated rings. The van der Waals surface area contributed by atoms with E-state index < -0.39 is 9.84 Å². The fourth-order valence-corrected chi connectivity index (χ4v) is 6.01. The summed E-state index contributed by atoms with van der Waals surface area (Å²) in [5, 5.41) is 4.50. The molecule has 0 aliphatic carbocycles. The number of carbonyl (C=O) groups is 1. The molecule has 2 heterocycles. The normalized spacial score (nSPS) is 14.2. The van der Waals surface area contributed by atoms with Gasteiger partial charge in [-0.25, -0.2) is 13.4 Å². The molecule has 2 aliphatic rings. The zero-order valence-electron chi connectivity index (χ0n) is 30.1. The Morgan fingerprint density at radius 2 is 1.54 bits per heavy atom. The van der Waals surface area contributed by atoms with E-state index in [0.29, 0.717) is 45.9 Å². The maximum Gasteiger partial charge on any atom is 0.253 e. The molecule has 2 aromatic carbocycles. The van der Waals surface area contributed by atoms with E-state index >= 15 is 0 Å². The molecular formula is C37H59N5O3S. The highest BCUT2D eigenvalue weighted by Crippen LogP contribution is 2.34. The van der Waals surface area contributed by atoms with Crippen LogP contribution in [0.3, 0.4) is 0 Å². The lowest BCUT2D eigenvalue weighted by atomic mass is 10.1. The van der Waals surface area contributed by atoms with E-state index in [0.717, 1.165) is 37.3 Å². The Kier molecular flexibility index (Phi) is 16.0. The number of unbranched alkanes of at least 4 members (excludes halogenated alkanes) is 1. The molecule has 1 N–H and O–H groups in total. The van der Waals surface area contributed by atoms with Crippen LogP contribution >= 0.6 is 0 Å². The summed E-state index contributed by atoms with van der Waals surface area (Å²) in [4.78, 5) is 24.7. The number of hydrogen-bond donors (Lipinski definition) is 1. The van der Waals surface area contributed by atoms with Gasteiger partial charge in [0.25, 0.3) is 5.91 Å². The van der Waals surface area contributed by atoms with Crippen molar-refractivity contribution < 1.29 is 13.2 Å². The van der Waals surface area contributed by atoms with E-state index in [-0.39, 0.29) is 5.91 Å². The largest absolute Gasteiger partial charge is 0.365 e. The minimum Gasteiger partial charge on any atom is -0.365 e. The summed E-state index contributed by atoms with van der Waals surface area (Å²) in [6, 6.07) is 11.0. The van der Waals surface area contributed by atoms with Gasteiger partial charge in [-0.2, -0.15) is 0 Å². The Hall–Kier alpha value is -3.17. The predicted octanol–water partition coefficient (Wildman–Crippen LogP) is 8.34. The zero-order valence-corrected chi connectivity index (χ0v) is 30.9. The highest BCUT2D eigenvalue weighted by molar-refractivity contribution is 7.94. The molecule has 0 unspecified atom stereocenters. The first-order valence-electron chi connectivity index (χ1n) is 16.9. The molecule has 2 aromatic rings. The lowest BCUT2D eigenvalue weighted by Gasteiger charge is -2.29. The highest BCUT2D eigenvalue weighted by atomic mass is 32.2. The van der Waals surface area contributed by atoms with Gasteiger partial charge in [0.15, 0.2) is 0 Å². The van der Waals surface area contributed by atoms with Crippen molar-refractivity contribution in [1.82, 2.24) is 9.80 Å². The summed E-state index contributed by atoms with van der Waals surface area (Å²) in [6.07, 6.45) is 7.47. The molecule has 2 aliphatic heterocycles. The number of amides is 1. The summed E-state index contributed by atoms with van der Waals surface area (Å²) in [7, 11) is 2.77. The lowest BCUT2D eigenvalue weighted by molar-refractivity contribution is 0.0741. The van der Waals surface area contributed by atoms with Crippen molar-refractivity contribution in [3.05, 3.63) is 52.9 Å². The Morgan fingerprint density at radius 1 is 0.913 bits per heavy atom. The maximum atomic E-state index is 13.4. The van der Waals surface area contributed by atoms with Gasteiger partial charge in [0, 0.05) is 36.8 Å². The van der Waals surface area contributed by atoms with E-state index in [1.54, 1.807) is 18.2 Å². The molecule has 8 nitrogen and oxygen atoms in total. The molecular weight excluding hydrogens is 595 g/mol. The van der Waals surface area contributed by atoms with Crippen molar-refractivity contribution in [3.63, 3.8) is 0 Å². The number of amidine groups is 1. The fourth-order valence-electron chi connectivity index (χ4n) is 4.79. The van der Waals surface area contributed by atoms with Gasteiger partial charge < -0.3 is 20.0 Å². The van der Waals surface area contributed by atoms with Crippen molar-refractivity contribution >= 4 is 44.7 Å². The number of sulfone groups is 1. The number of hydrogen-bond acceptors (Lipinski definition) is 7. The first-order chi connectivity index (χ1) is 21.7. The van der Waals surface area contributed by atoms with Crippen LogP contribution in [0.1, 0.15) is 96.5 Å². The number of anilines is 2. The minimum absolute atomic E-state index is 0.0633. The third-order valence-electron chi connectivity index (χ3n) is 7.72. The molecule has 0 bridgehead atoms. The van der Waals surface area contributed by atoms with E-state index in [2.05, 4.69) is 77.7 Å². The molecule has 9 heteroatoms. The molecule has 0 saturated heterocycles. The van der Waals surface area contributed by atoms with Crippen molar-refractivity contribution in [2.45, 2.75) is 85.5 Å². The van der Waals surface area contributed by atoms with E-state index in [1.807, 2.05) is 36.2 Å². The molecule has 256 valence electrons. The monoisotopic (exact) mass is 653 g/mol. The van der Waals surface area contributed by atoms with Gasteiger partial charge in [-0.15, -0.1) is 0 Å². The third-order valence-corrected chi connectivity index (χ3v) is 9.18. The van der Waals surface area contributed by atoms with Gasteiger partial charge >= 0.3 is 0 Å². The molecule has 46 heavy (non-hydrogen) atoms. The summed E-state index contributed by atoms with van der Waals surface area (Å²) in [5.41, 5.74) is 3.72. The fraction of sp³-hybridized carbons (Fsp3) is 0.568. The van der Waals surface area contributed by atoms with Crippen LogP contribution < -0.4 is 10.2 Å². The topological polar surface area (TPSA) is 85.3 Å². The van der Waals surface area contributed by atoms with Crippen molar-refractivity contribution in [3.8, 4) is 0 Å². The van der Waals surface area contributed by atoms with Crippen LogP contribution in [-0.4, -0.2) is 77.3 Å². The molecule has 0 atom stereocenters. The average molecular weight is 654 g/mol. The first kappa shape index (κ1) is 39.0. The Morgan fingerprint density at radius 3 is 2.07 bits per heavy atom. The smallest absolute Gasteiger partial charge is 0.253 e. The van der Waals surface area contributed by atoms with Gasteiger partial charge in [-0.3, -0.25) is 4.79 Å². The minimum atomic E-state index is -3.37. The summed E-state index contributed by atoms with van der Waals surface area (Å²) in [5.74, 6) is 1.85. The van der Waals surface area contributed by atoms with Gasteiger partial charge in [-0.1, -0.05) is 67.4 Å². The van der Waals surface area contributed by atoms with Crippen LogP contribution in [-0.2, 0) is 9.84 Å². The number of nitrogens with one attached hydrogen (secondary N) is 1. The van der Waals surface area contributed by atoms with Gasteiger partial charge in [0.2, 0.25) is 9.84 Å². The SMILES string of the molecule is CC(C)CCN(CCC(C)C)C(=O)c1ccc2c(c1)N(C)CC(Nc1ccc3c(c1)S(=O)(=O)C=C3)=N2.CCCC.CCCN(C)C.